The molecule has 0 aliphatic heterocycles. The van der Waals surface area contributed by atoms with Crippen molar-refractivity contribution >= 4 is 23.4 Å². The van der Waals surface area contributed by atoms with Gasteiger partial charge in [0.05, 0.1) is 36.5 Å². The Morgan fingerprint density at radius 2 is 1.73 bits per heavy atom. The highest BCUT2D eigenvalue weighted by molar-refractivity contribution is 6.20. The lowest BCUT2D eigenvalue weighted by atomic mass is 9.48. The third-order valence-electron chi connectivity index (χ3n) is 4.71. The Hall–Kier alpha value is -2.18. The van der Waals surface area contributed by atoms with Crippen LogP contribution >= 0.6 is 0 Å². The second kappa shape index (κ2) is 4.93. The first-order valence-electron chi connectivity index (χ1n) is 6.83. The SMILES string of the molecule is COC(=O)C1=C(C(=O)OC)[C@]2(C)C/C(=N\O)[C@H]1C(C)(C)C2=O. The van der Waals surface area contributed by atoms with Crippen LogP contribution in [0.3, 0.4) is 0 Å². The van der Waals surface area contributed by atoms with Gasteiger partial charge >= 0.3 is 11.9 Å². The number of ketones is 1. The predicted molar refractivity (Wildman–Crippen MR) is 75.3 cm³/mol. The first kappa shape index (κ1) is 16.2. The number of nitrogens with zero attached hydrogens (tertiary/aromatic N) is 1. The van der Waals surface area contributed by atoms with Gasteiger partial charge in [0.25, 0.3) is 0 Å². The van der Waals surface area contributed by atoms with Crippen LogP contribution in [0.4, 0.5) is 0 Å². The summed E-state index contributed by atoms with van der Waals surface area (Å²) in [6.45, 7) is 4.89. The number of hydrogen-bond donors (Lipinski definition) is 1. The number of carbonyl (C=O) groups is 3. The average Bonchev–Trinajstić information content (AvgIpc) is 2.49. The van der Waals surface area contributed by atoms with Crippen LogP contribution in [0.25, 0.3) is 0 Å². The summed E-state index contributed by atoms with van der Waals surface area (Å²) in [5.74, 6) is -2.47. The maximum Gasteiger partial charge on any atom is 0.335 e. The molecule has 2 bridgehead atoms. The van der Waals surface area contributed by atoms with E-state index in [4.69, 9.17) is 9.47 Å². The molecule has 22 heavy (non-hydrogen) atoms. The van der Waals surface area contributed by atoms with Crippen molar-refractivity contribution in [2.45, 2.75) is 27.2 Å². The zero-order valence-corrected chi connectivity index (χ0v) is 13.2. The van der Waals surface area contributed by atoms with Crippen molar-refractivity contribution in [3.8, 4) is 0 Å². The van der Waals surface area contributed by atoms with Gasteiger partial charge in [0.15, 0.2) is 0 Å². The summed E-state index contributed by atoms with van der Waals surface area (Å²) in [5, 5.41) is 12.5. The molecule has 0 unspecified atom stereocenters. The minimum atomic E-state index is -1.28. The number of ether oxygens (including phenoxy) is 2. The lowest BCUT2D eigenvalue weighted by Crippen LogP contribution is -2.60. The fraction of sp³-hybridized carbons (Fsp3) is 0.600. The molecule has 1 saturated carbocycles. The van der Waals surface area contributed by atoms with Crippen molar-refractivity contribution in [3.63, 3.8) is 0 Å². The molecule has 2 atom stereocenters. The minimum absolute atomic E-state index is 0.00331. The van der Waals surface area contributed by atoms with Crippen molar-refractivity contribution < 1.29 is 29.1 Å². The number of hydrogen-bond acceptors (Lipinski definition) is 7. The number of fused-ring (bicyclic) bond motifs is 2. The summed E-state index contributed by atoms with van der Waals surface area (Å²) in [6.07, 6.45) is 0.0708. The van der Waals surface area contributed by atoms with E-state index >= 15 is 0 Å². The normalized spacial score (nSPS) is 31.4. The zero-order valence-electron chi connectivity index (χ0n) is 13.2. The lowest BCUT2D eigenvalue weighted by Gasteiger charge is -2.52. The van der Waals surface area contributed by atoms with E-state index in [1.165, 1.54) is 14.2 Å². The lowest BCUT2D eigenvalue weighted by molar-refractivity contribution is -0.149. The molecule has 1 fully saturated rings. The van der Waals surface area contributed by atoms with E-state index in [-0.39, 0.29) is 23.4 Å². The smallest absolute Gasteiger partial charge is 0.335 e. The predicted octanol–water partition coefficient (Wildman–Crippen LogP) is 1.09. The van der Waals surface area contributed by atoms with Gasteiger partial charge in [-0.05, 0) is 6.92 Å². The van der Waals surface area contributed by atoms with Gasteiger partial charge in [-0.15, -0.1) is 0 Å². The third kappa shape index (κ3) is 1.81. The molecular weight excluding hydrogens is 290 g/mol. The Kier molecular flexibility index (Phi) is 3.63. The Morgan fingerprint density at radius 1 is 1.18 bits per heavy atom. The first-order chi connectivity index (χ1) is 10.2. The maximum atomic E-state index is 12.8. The monoisotopic (exact) mass is 309 g/mol. The highest BCUT2D eigenvalue weighted by Crippen LogP contribution is 2.57. The molecule has 0 amide bonds. The van der Waals surface area contributed by atoms with Gasteiger partial charge in [-0.2, -0.15) is 0 Å². The summed E-state index contributed by atoms with van der Waals surface area (Å²) in [4.78, 5) is 37.3. The molecule has 0 radical (unpaired) electrons. The number of methoxy groups -OCH3 is 2. The molecular formula is C15H19NO6. The quantitative estimate of drug-likeness (QED) is 0.465. The molecule has 120 valence electrons. The van der Waals surface area contributed by atoms with Crippen LogP contribution < -0.4 is 0 Å². The Labute approximate surface area is 128 Å². The molecule has 3 aliphatic rings. The van der Waals surface area contributed by atoms with Gasteiger partial charge in [0.2, 0.25) is 0 Å². The van der Waals surface area contributed by atoms with Gasteiger partial charge in [-0.3, -0.25) is 4.79 Å². The van der Waals surface area contributed by atoms with Crippen molar-refractivity contribution in [2.75, 3.05) is 14.2 Å². The fourth-order valence-electron chi connectivity index (χ4n) is 3.83. The molecule has 0 aromatic carbocycles. The van der Waals surface area contributed by atoms with Crippen LogP contribution in [-0.2, 0) is 23.9 Å². The van der Waals surface area contributed by atoms with Crippen LogP contribution in [-0.4, -0.2) is 42.9 Å². The van der Waals surface area contributed by atoms with Gasteiger partial charge < -0.3 is 14.7 Å². The molecule has 0 aromatic heterocycles. The summed E-state index contributed by atoms with van der Waals surface area (Å²) in [5.41, 5.74) is -1.93. The van der Waals surface area contributed by atoms with E-state index in [0.29, 0.717) is 5.71 Å². The summed E-state index contributed by atoms with van der Waals surface area (Å²) >= 11 is 0. The standard InChI is InChI=1S/C15H19NO6/c1-14(2)9-7(16-20)6-15(3,13(14)19)10(12(18)22-5)8(9)11(17)21-4/h9,20H,6H2,1-5H3/b16-7+/t9-,15+/m1/s1. The molecule has 7 nitrogen and oxygen atoms in total. The number of Topliss-reactive ketones (excluding diaryl/α,β-unsaturated/α-hetero) is 1. The number of rotatable bonds is 2. The number of esters is 2. The topological polar surface area (TPSA) is 102 Å². The highest BCUT2D eigenvalue weighted by atomic mass is 16.5. The van der Waals surface area contributed by atoms with Gasteiger partial charge in [0, 0.05) is 17.8 Å². The van der Waals surface area contributed by atoms with E-state index in [2.05, 4.69) is 5.16 Å². The van der Waals surface area contributed by atoms with Crippen LogP contribution in [0.1, 0.15) is 27.2 Å². The summed E-state index contributed by atoms with van der Waals surface area (Å²) in [6, 6.07) is 0. The summed E-state index contributed by atoms with van der Waals surface area (Å²) < 4.78 is 9.54. The molecule has 7 heteroatoms. The van der Waals surface area contributed by atoms with E-state index in [1.807, 2.05) is 0 Å². The van der Waals surface area contributed by atoms with Gasteiger partial charge in [-0.25, -0.2) is 9.59 Å². The van der Waals surface area contributed by atoms with Crippen LogP contribution in [0.5, 0.6) is 0 Å². The molecule has 0 aromatic rings. The molecule has 3 rings (SSSR count). The van der Waals surface area contributed by atoms with Crippen molar-refractivity contribution in [1.29, 1.82) is 0 Å². The van der Waals surface area contributed by atoms with Crippen LogP contribution in [0.2, 0.25) is 0 Å². The molecule has 3 aliphatic carbocycles. The van der Waals surface area contributed by atoms with Gasteiger partial charge in [-0.1, -0.05) is 19.0 Å². The van der Waals surface area contributed by atoms with Crippen molar-refractivity contribution in [1.82, 2.24) is 0 Å². The third-order valence-corrected chi connectivity index (χ3v) is 4.71. The molecule has 0 spiro atoms. The number of oxime groups is 1. The van der Waals surface area contributed by atoms with Crippen molar-refractivity contribution in [2.24, 2.45) is 21.9 Å². The Morgan fingerprint density at radius 3 is 2.18 bits per heavy atom. The molecule has 1 N–H and O–H groups in total. The van der Waals surface area contributed by atoms with Gasteiger partial charge in [0.1, 0.15) is 5.78 Å². The second-order valence-corrected chi connectivity index (χ2v) is 6.36. The second-order valence-electron chi connectivity index (χ2n) is 6.36. The number of carbonyl (C=O) groups excluding carboxylic acids is 3. The first-order valence-corrected chi connectivity index (χ1v) is 6.83. The van der Waals surface area contributed by atoms with Crippen molar-refractivity contribution in [3.05, 3.63) is 11.1 Å². The Balaban J connectivity index is 2.88. The average molecular weight is 309 g/mol. The van der Waals surface area contributed by atoms with E-state index in [0.717, 1.165) is 0 Å². The van der Waals surface area contributed by atoms with Crippen LogP contribution in [0.15, 0.2) is 16.3 Å². The Bertz CT molecular complexity index is 630. The maximum absolute atomic E-state index is 12.8. The van der Waals surface area contributed by atoms with E-state index in [9.17, 15) is 19.6 Å². The highest BCUT2D eigenvalue weighted by Gasteiger charge is 2.64. The largest absolute Gasteiger partial charge is 0.466 e. The molecule has 0 saturated heterocycles. The zero-order chi connectivity index (χ0) is 16.9. The minimum Gasteiger partial charge on any atom is -0.466 e. The van der Waals surface area contributed by atoms with E-state index in [1.54, 1.807) is 20.8 Å². The van der Waals surface area contributed by atoms with Crippen LogP contribution in [0, 0.1) is 16.7 Å². The fourth-order valence-corrected chi connectivity index (χ4v) is 3.83. The van der Waals surface area contributed by atoms with E-state index < -0.39 is 28.7 Å². The summed E-state index contributed by atoms with van der Waals surface area (Å²) in [7, 11) is 2.38. The molecule has 0 heterocycles.